The largest absolute Gasteiger partial charge is 0.463 e. The van der Waals surface area contributed by atoms with E-state index in [2.05, 4.69) is 15.2 Å². The summed E-state index contributed by atoms with van der Waals surface area (Å²) in [7, 11) is 0. The Balaban J connectivity index is 1.42. The van der Waals surface area contributed by atoms with E-state index in [-0.39, 0.29) is 18.4 Å². The second-order valence-corrected chi connectivity index (χ2v) is 6.10. The minimum atomic E-state index is -0.533. The van der Waals surface area contributed by atoms with Gasteiger partial charge in [-0.2, -0.15) is 0 Å². The monoisotopic (exact) mass is 387 g/mol. The molecule has 0 saturated carbocycles. The Bertz CT molecular complexity index is 1270. The van der Waals surface area contributed by atoms with Crippen molar-refractivity contribution in [2.75, 3.05) is 0 Å². The third-order valence-corrected chi connectivity index (χ3v) is 4.24. The second-order valence-electron chi connectivity index (χ2n) is 6.10. The molecule has 142 valence electrons. The number of rotatable bonds is 5. The Morgan fingerprint density at radius 2 is 1.72 bits per heavy atom. The fourth-order valence-electron chi connectivity index (χ4n) is 2.91. The SMILES string of the molecule is O=C(OCc1nnc(-c2ccco2)o1)c1cc(-c2ccco2)nc2ccccc12. The molecule has 29 heavy (non-hydrogen) atoms. The van der Waals surface area contributed by atoms with Crippen LogP contribution in [0.15, 0.2) is 80.4 Å². The van der Waals surface area contributed by atoms with E-state index in [9.17, 15) is 4.79 Å². The van der Waals surface area contributed by atoms with E-state index in [0.29, 0.717) is 33.7 Å². The van der Waals surface area contributed by atoms with Crippen LogP contribution in [0.1, 0.15) is 16.2 Å². The molecule has 0 saturated heterocycles. The minimum absolute atomic E-state index is 0.161. The molecule has 0 bridgehead atoms. The summed E-state index contributed by atoms with van der Waals surface area (Å²) < 4.78 is 21.5. The van der Waals surface area contributed by atoms with Crippen molar-refractivity contribution < 1.29 is 22.8 Å². The van der Waals surface area contributed by atoms with Gasteiger partial charge in [-0.3, -0.25) is 0 Å². The Kier molecular flexibility index (Phi) is 4.14. The lowest BCUT2D eigenvalue weighted by Gasteiger charge is -2.08. The van der Waals surface area contributed by atoms with Crippen LogP contribution in [0, 0.1) is 0 Å². The molecule has 0 fully saturated rings. The van der Waals surface area contributed by atoms with Crippen molar-refractivity contribution in [3.8, 4) is 23.1 Å². The normalized spacial score (nSPS) is 11.0. The van der Waals surface area contributed by atoms with Crippen molar-refractivity contribution in [1.29, 1.82) is 0 Å². The molecule has 0 aliphatic heterocycles. The van der Waals surface area contributed by atoms with E-state index >= 15 is 0 Å². The minimum Gasteiger partial charge on any atom is -0.463 e. The summed E-state index contributed by atoms with van der Waals surface area (Å²) in [6.45, 7) is -0.167. The summed E-state index contributed by atoms with van der Waals surface area (Å²) in [6, 6.07) is 15.9. The van der Waals surface area contributed by atoms with Gasteiger partial charge in [-0.05, 0) is 36.4 Å². The topological polar surface area (TPSA) is 104 Å². The van der Waals surface area contributed by atoms with Crippen molar-refractivity contribution in [2.45, 2.75) is 6.61 Å². The molecular formula is C21H13N3O5. The van der Waals surface area contributed by atoms with Crippen molar-refractivity contribution in [1.82, 2.24) is 15.2 Å². The predicted octanol–water partition coefficient (Wildman–Crippen LogP) is 4.49. The zero-order valence-electron chi connectivity index (χ0n) is 14.9. The number of pyridine rings is 1. The standard InChI is InChI=1S/C21H13N3O5/c25-21(28-12-19-23-24-20(29-19)18-8-4-10-27-18)14-11-16(17-7-3-9-26-17)22-15-6-2-1-5-13(14)15/h1-11H,12H2. The van der Waals surface area contributed by atoms with E-state index in [1.54, 1.807) is 36.6 Å². The van der Waals surface area contributed by atoms with Crippen LogP contribution < -0.4 is 0 Å². The molecule has 8 nitrogen and oxygen atoms in total. The summed E-state index contributed by atoms with van der Waals surface area (Å²) in [5.74, 6) is 0.849. The highest BCUT2D eigenvalue weighted by Gasteiger charge is 2.18. The van der Waals surface area contributed by atoms with Crippen LogP contribution in [0.5, 0.6) is 0 Å². The molecule has 0 aliphatic rings. The number of ether oxygens (including phenoxy) is 1. The van der Waals surface area contributed by atoms with Gasteiger partial charge in [0.2, 0.25) is 0 Å². The van der Waals surface area contributed by atoms with Crippen LogP contribution >= 0.6 is 0 Å². The number of hydrogen-bond donors (Lipinski definition) is 0. The van der Waals surface area contributed by atoms with Gasteiger partial charge >= 0.3 is 5.97 Å². The first-order valence-electron chi connectivity index (χ1n) is 8.75. The average Bonchev–Trinajstić information content (AvgIpc) is 3.53. The molecule has 0 atom stereocenters. The molecule has 4 aromatic heterocycles. The maximum Gasteiger partial charge on any atom is 0.339 e. The zero-order valence-corrected chi connectivity index (χ0v) is 14.9. The van der Waals surface area contributed by atoms with Gasteiger partial charge in [-0.15, -0.1) is 10.2 Å². The summed E-state index contributed by atoms with van der Waals surface area (Å²) in [5, 5.41) is 8.44. The van der Waals surface area contributed by atoms with E-state index in [4.69, 9.17) is 18.0 Å². The molecular weight excluding hydrogens is 374 g/mol. The fraction of sp³-hybridized carbons (Fsp3) is 0.0476. The van der Waals surface area contributed by atoms with E-state index in [0.717, 1.165) is 0 Å². The first kappa shape index (κ1) is 16.9. The quantitative estimate of drug-likeness (QED) is 0.406. The van der Waals surface area contributed by atoms with Crippen LogP contribution in [0.4, 0.5) is 0 Å². The molecule has 0 amide bonds. The van der Waals surface area contributed by atoms with Crippen LogP contribution in [0.3, 0.4) is 0 Å². The number of benzene rings is 1. The summed E-state index contributed by atoms with van der Waals surface area (Å²) in [5.41, 5.74) is 1.57. The van der Waals surface area contributed by atoms with E-state index < -0.39 is 5.97 Å². The molecule has 5 aromatic rings. The maximum absolute atomic E-state index is 12.8. The first-order chi connectivity index (χ1) is 14.3. The molecule has 1 aromatic carbocycles. The van der Waals surface area contributed by atoms with E-state index in [1.807, 2.05) is 24.3 Å². The fourth-order valence-corrected chi connectivity index (χ4v) is 2.91. The highest BCUT2D eigenvalue weighted by atomic mass is 16.5. The molecule has 0 unspecified atom stereocenters. The third kappa shape index (κ3) is 3.27. The highest BCUT2D eigenvalue weighted by molar-refractivity contribution is 6.04. The predicted molar refractivity (Wildman–Crippen MR) is 101 cm³/mol. The van der Waals surface area contributed by atoms with Crippen LogP contribution in [0.25, 0.3) is 34.0 Å². The second kappa shape index (κ2) is 7.08. The lowest BCUT2D eigenvalue weighted by molar-refractivity contribution is 0.0441. The number of fused-ring (bicyclic) bond motifs is 1. The van der Waals surface area contributed by atoms with Gasteiger partial charge in [0.25, 0.3) is 11.8 Å². The van der Waals surface area contributed by atoms with E-state index in [1.165, 1.54) is 6.26 Å². The third-order valence-electron chi connectivity index (χ3n) is 4.24. The molecule has 0 aliphatic carbocycles. The molecule has 4 heterocycles. The molecule has 0 N–H and O–H groups in total. The molecule has 8 heteroatoms. The van der Waals surface area contributed by atoms with Crippen LogP contribution in [0.2, 0.25) is 0 Å². The van der Waals surface area contributed by atoms with Crippen molar-refractivity contribution in [2.24, 2.45) is 0 Å². The van der Waals surface area contributed by atoms with Gasteiger partial charge in [0.05, 0.1) is 23.6 Å². The maximum atomic E-state index is 12.8. The molecule has 0 spiro atoms. The number of carbonyl (C=O) groups is 1. The van der Waals surface area contributed by atoms with Crippen molar-refractivity contribution in [3.63, 3.8) is 0 Å². The Morgan fingerprint density at radius 1 is 0.931 bits per heavy atom. The number of esters is 1. The molecule has 5 rings (SSSR count). The van der Waals surface area contributed by atoms with Crippen molar-refractivity contribution >= 4 is 16.9 Å². The van der Waals surface area contributed by atoms with Gasteiger partial charge in [-0.1, -0.05) is 18.2 Å². The number of carbonyl (C=O) groups excluding carboxylic acids is 1. The summed E-state index contributed by atoms with van der Waals surface area (Å²) >= 11 is 0. The van der Waals surface area contributed by atoms with Gasteiger partial charge in [0, 0.05) is 5.39 Å². The Hall–Kier alpha value is -4.20. The van der Waals surface area contributed by atoms with Gasteiger partial charge in [0.1, 0.15) is 5.69 Å². The van der Waals surface area contributed by atoms with Crippen molar-refractivity contribution in [3.05, 3.63) is 78.6 Å². The van der Waals surface area contributed by atoms with Gasteiger partial charge < -0.3 is 18.0 Å². The van der Waals surface area contributed by atoms with Crippen LogP contribution in [-0.2, 0) is 11.3 Å². The van der Waals surface area contributed by atoms with Gasteiger partial charge in [0.15, 0.2) is 18.1 Å². The smallest absolute Gasteiger partial charge is 0.339 e. The number of para-hydroxylation sites is 1. The lowest BCUT2D eigenvalue weighted by atomic mass is 10.1. The lowest BCUT2D eigenvalue weighted by Crippen LogP contribution is -2.07. The zero-order chi connectivity index (χ0) is 19.6. The Labute approximate surface area is 163 Å². The number of furan rings is 2. The highest BCUT2D eigenvalue weighted by Crippen LogP contribution is 2.26. The average molecular weight is 387 g/mol. The van der Waals surface area contributed by atoms with Gasteiger partial charge in [-0.25, -0.2) is 9.78 Å². The summed E-state index contributed by atoms with van der Waals surface area (Å²) in [4.78, 5) is 17.4. The first-order valence-corrected chi connectivity index (χ1v) is 8.75. The molecule has 0 radical (unpaired) electrons. The van der Waals surface area contributed by atoms with Crippen LogP contribution in [-0.4, -0.2) is 21.2 Å². The Morgan fingerprint density at radius 3 is 2.52 bits per heavy atom. The summed E-state index contributed by atoms with van der Waals surface area (Å²) in [6.07, 6.45) is 3.06. The number of nitrogens with zero attached hydrogens (tertiary/aromatic N) is 3. The number of aromatic nitrogens is 3. The number of hydrogen-bond acceptors (Lipinski definition) is 8.